The Morgan fingerprint density at radius 3 is 2.37 bits per heavy atom. The van der Waals surface area contributed by atoms with Crippen LogP contribution in [0, 0.1) is 12.7 Å². The fraction of sp³-hybridized carbons (Fsp3) is 0.417. The molecule has 0 radical (unpaired) electrons. The molecule has 2 amide bonds. The average molecular weight is 429 g/mol. The van der Waals surface area contributed by atoms with E-state index in [0.29, 0.717) is 0 Å². The van der Waals surface area contributed by atoms with Gasteiger partial charge in [-0.2, -0.15) is 0 Å². The molecule has 160 valence electrons. The van der Waals surface area contributed by atoms with Crippen LogP contribution in [0.3, 0.4) is 0 Å². The van der Waals surface area contributed by atoms with Crippen LogP contribution >= 0.6 is 11.8 Å². The van der Waals surface area contributed by atoms with Gasteiger partial charge in [0.15, 0.2) is 0 Å². The fourth-order valence-corrected chi connectivity index (χ4v) is 4.41. The second kappa shape index (κ2) is 10.6. The van der Waals surface area contributed by atoms with E-state index in [2.05, 4.69) is 5.32 Å². The van der Waals surface area contributed by atoms with Crippen LogP contribution in [0.25, 0.3) is 0 Å². The van der Waals surface area contributed by atoms with Crippen LogP contribution in [0.1, 0.15) is 43.7 Å². The number of nitrogens with zero attached hydrogens (tertiary/aromatic N) is 1. The van der Waals surface area contributed by atoms with Crippen LogP contribution in [-0.4, -0.2) is 34.6 Å². The maximum Gasteiger partial charge on any atom is 0.242 e. The number of amides is 2. The van der Waals surface area contributed by atoms with Crippen molar-refractivity contribution in [3.63, 3.8) is 0 Å². The normalized spacial score (nSPS) is 15.0. The molecule has 0 heterocycles. The SMILES string of the molecule is Cc1ccc(SCC(=O)N(Cc2ccc(F)cc2)C(C)C(=O)NC2CCCC2)cc1. The number of halogens is 1. The minimum atomic E-state index is -0.596. The van der Waals surface area contributed by atoms with E-state index in [0.717, 1.165) is 36.1 Å². The van der Waals surface area contributed by atoms with Gasteiger partial charge in [-0.1, -0.05) is 42.7 Å². The highest BCUT2D eigenvalue weighted by Gasteiger charge is 2.28. The number of hydrogen-bond donors (Lipinski definition) is 1. The van der Waals surface area contributed by atoms with Gasteiger partial charge in [-0.05, 0) is 56.5 Å². The molecule has 6 heteroatoms. The number of carbonyl (C=O) groups is 2. The summed E-state index contributed by atoms with van der Waals surface area (Å²) in [4.78, 5) is 28.5. The predicted octanol–water partition coefficient (Wildman–Crippen LogP) is 4.70. The van der Waals surface area contributed by atoms with Crippen molar-refractivity contribution in [2.24, 2.45) is 0 Å². The fourth-order valence-electron chi connectivity index (χ4n) is 3.62. The summed E-state index contributed by atoms with van der Waals surface area (Å²) < 4.78 is 13.3. The van der Waals surface area contributed by atoms with E-state index in [9.17, 15) is 14.0 Å². The van der Waals surface area contributed by atoms with Crippen molar-refractivity contribution in [3.05, 3.63) is 65.5 Å². The zero-order valence-corrected chi connectivity index (χ0v) is 18.4. The van der Waals surface area contributed by atoms with Crippen LogP contribution in [0.2, 0.25) is 0 Å². The first-order chi connectivity index (χ1) is 14.4. The van der Waals surface area contributed by atoms with Gasteiger partial charge in [-0.25, -0.2) is 4.39 Å². The van der Waals surface area contributed by atoms with Crippen molar-refractivity contribution in [2.45, 2.75) is 63.1 Å². The molecule has 0 aromatic heterocycles. The Morgan fingerprint density at radius 2 is 1.73 bits per heavy atom. The van der Waals surface area contributed by atoms with Crippen molar-refractivity contribution in [1.29, 1.82) is 0 Å². The van der Waals surface area contributed by atoms with Crippen LogP contribution in [0.4, 0.5) is 4.39 Å². The Balaban J connectivity index is 1.69. The monoisotopic (exact) mass is 428 g/mol. The molecule has 4 nitrogen and oxygen atoms in total. The summed E-state index contributed by atoms with van der Waals surface area (Å²) in [5, 5.41) is 3.09. The van der Waals surface area contributed by atoms with Gasteiger partial charge < -0.3 is 10.2 Å². The van der Waals surface area contributed by atoms with E-state index >= 15 is 0 Å². The number of carbonyl (C=O) groups excluding carboxylic acids is 2. The summed E-state index contributed by atoms with van der Waals surface area (Å²) in [6, 6.07) is 13.7. The van der Waals surface area contributed by atoms with Gasteiger partial charge >= 0.3 is 0 Å². The molecule has 2 aromatic rings. The van der Waals surface area contributed by atoms with Gasteiger partial charge in [0, 0.05) is 17.5 Å². The minimum Gasteiger partial charge on any atom is -0.352 e. The second-order valence-corrected chi connectivity index (χ2v) is 8.96. The summed E-state index contributed by atoms with van der Waals surface area (Å²) in [7, 11) is 0. The third-order valence-electron chi connectivity index (χ3n) is 5.52. The molecule has 1 aliphatic rings. The highest BCUT2D eigenvalue weighted by molar-refractivity contribution is 8.00. The first-order valence-electron chi connectivity index (χ1n) is 10.5. The third kappa shape index (κ3) is 6.33. The number of nitrogens with one attached hydrogen (secondary N) is 1. The van der Waals surface area contributed by atoms with Crippen molar-refractivity contribution in [2.75, 3.05) is 5.75 Å². The van der Waals surface area contributed by atoms with Crippen molar-refractivity contribution >= 4 is 23.6 Å². The summed E-state index contributed by atoms with van der Waals surface area (Å²) in [5.41, 5.74) is 1.96. The molecule has 0 bridgehead atoms. The number of benzene rings is 2. The predicted molar refractivity (Wildman–Crippen MR) is 119 cm³/mol. The maximum atomic E-state index is 13.3. The lowest BCUT2D eigenvalue weighted by Gasteiger charge is -2.29. The quantitative estimate of drug-likeness (QED) is 0.620. The lowest BCUT2D eigenvalue weighted by molar-refractivity contribution is -0.138. The molecule has 1 saturated carbocycles. The number of rotatable bonds is 8. The van der Waals surface area contributed by atoms with Gasteiger partial charge in [-0.3, -0.25) is 9.59 Å². The van der Waals surface area contributed by atoms with Crippen molar-refractivity contribution in [3.8, 4) is 0 Å². The first kappa shape index (κ1) is 22.3. The second-order valence-electron chi connectivity index (χ2n) is 7.92. The Kier molecular flexibility index (Phi) is 7.91. The molecule has 0 aliphatic heterocycles. The highest BCUT2D eigenvalue weighted by Crippen LogP contribution is 2.21. The molecule has 1 unspecified atom stereocenters. The average Bonchev–Trinajstić information content (AvgIpc) is 3.25. The standard InChI is InChI=1S/C24H29FN2O2S/c1-17-7-13-22(14-8-17)30-16-23(28)27(15-19-9-11-20(25)12-10-19)18(2)24(29)26-21-5-3-4-6-21/h7-14,18,21H,3-6,15-16H2,1-2H3,(H,26,29). The lowest BCUT2D eigenvalue weighted by Crippen LogP contribution is -2.50. The zero-order chi connectivity index (χ0) is 21.5. The number of hydrogen-bond acceptors (Lipinski definition) is 3. The van der Waals surface area contributed by atoms with Gasteiger partial charge in [0.25, 0.3) is 0 Å². The highest BCUT2D eigenvalue weighted by atomic mass is 32.2. The molecule has 1 fully saturated rings. The Bertz CT molecular complexity index is 849. The third-order valence-corrected chi connectivity index (χ3v) is 6.52. The molecule has 3 rings (SSSR count). The maximum absolute atomic E-state index is 13.3. The lowest BCUT2D eigenvalue weighted by atomic mass is 10.1. The smallest absolute Gasteiger partial charge is 0.242 e. The van der Waals surface area contributed by atoms with Crippen LogP contribution in [-0.2, 0) is 16.1 Å². The van der Waals surface area contributed by atoms with Gasteiger partial charge in [0.2, 0.25) is 11.8 Å². The molecule has 1 aliphatic carbocycles. The van der Waals surface area contributed by atoms with Crippen molar-refractivity contribution < 1.29 is 14.0 Å². The Labute approximate surface area is 182 Å². The topological polar surface area (TPSA) is 49.4 Å². The van der Waals surface area contributed by atoms with Gasteiger partial charge in [-0.15, -0.1) is 11.8 Å². The zero-order valence-electron chi connectivity index (χ0n) is 17.6. The molecule has 0 saturated heterocycles. The molecule has 30 heavy (non-hydrogen) atoms. The largest absolute Gasteiger partial charge is 0.352 e. The summed E-state index contributed by atoms with van der Waals surface area (Å²) in [6.07, 6.45) is 4.25. The minimum absolute atomic E-state index is 0.112. The number of aryl methyl sites for hydroxylation is 1. The molecular formula is C24H29FN2O2S. The Hall–Kier alpha value is -2.34. The summed E-state index contributed by atoms with van der Waals surface area (Å²) in [5.74, 6) is -0.319. The van der Waals surface area contributed by atoms with Crippen LogP contribution in [0.15, 0.2) is 53.4 Å². The molecule has 1 N–H and O–H groups in total. The molecule has 2 aromatic carbocycles. The van der Waals surface area contributed by atoms with Gasteiger partial charge in [0.1, 0.15) is 11.9 Å². The van der Waals surface area contributed by atoms with E-state index in [1.165, 1.54) is 29.5 Å². The van der Waals surface area contributed by atoms with Crippen LogP contribution in [0.5, 0.6) is 0 Å². The Morgan fingerprint density at radius 1 is 1.10 bits per heavy atom. The first-order valence-corrected chi connectivity index (χ1v) is 11.4. The van der Waals surface area contributed by atoms with E-state index in [4.69, 9.17) is 0 Å². The van der Waals surface area contributed by atoms with E-state index in [-0.39, 0.29) is 36.0 Å². The van der Waals surface area contributed by atoms with E-state index in [1.54, 1.807) is 24.0 Å². The molecular weight excluding hydrogens is 399 g/mol. The van der Waals surface area contributed by atoms with E-state index in [1.807, 2.05) is 31.2 Å². The summed E-state index contributed by atoms with van der Waals surface area (Å²) in [6.45, 7) is 4.06. The van der Waals surface area contributed by atoms with Crippen molar-refractivity contribution in [1.82, 2.24) is 10.2 Å². The molecule has 1 atom stereocenters. The summed E-state index contributed by atoms with van der Waals surface area (Å²) >= 11 is 1.46. The van der Waals surface area contributed by atoms with Crippen LogP contribution < -0.4 is 5.32 Å². The van der Waals surface area contributed by atoms with Gasteiger partial charge in [0.05, 0.1) is 5.75 Å². The van der Waals surface area contributed by atoms with E-state index < -0.39 is 6.04 Å². The number of thioether (sulfide) groups is 1. The molecule has 0 spiro atoms.